The van der Waals surface area contributed by atoms with Gasteiger partial charge in [0.05, 0.1) is 0 Å². The minimum Gasteiger partial charge on any atom is -0.355 e. The zero-order chi connectivity index (χ0) is 11.5. The van der Waals surface area contributed by atoms with Crippen LogP contribution in [0.5, 0.6) is 0 Å². The van der Waals surface area contributed by atoms with Gasteiger partial charge in [0.25, 0.3) is 0 Å². The van der Waals surface area contributed by atoms with Gasteiger partial charge in [0.1, 0.15) is 0 Å². The van der Waals surface area contributed by atoms with E-state index in [1.807, 2.05) is 0 Å². The summed E-state index contributed by atoms with van der Waals surface area (Å²) in [6.07, 6.45) is 7.32. The number of benzene rings is 1. The Kier molecular flexibility index (Phi) is 2.95. The zero-order valence-corrected chi connectivity index (χ0v) is 9.88. The Morgan fingerprint density at radius 3 is 2.50 bits per heavy atom. The molecule has 16 heavy (non-hydrogen) atoms. The third kappa shape index (κ3) is 2.08. The zero-order valence-electron chi connectivity index (χ0n) is 9.88. The Morgan fingerprint density at radius 1 is 1.25 bits per heavy atom. The van der Waals surface area contributed by atoms with Gasteiger partial charge in [-0.3, -0.25) is 0 Å². The summed E-state index contributed by atoms with van der Waals surface area (Å²) in [5.74, 6) is 0. The van der Waals surface area contributed by atoms with E-state index in [4.69, 9.17) is 0 Å². The van der Waals surface area contributed by atoms with Gasteiger partial charge in [-0.15, -0.1) is 0 Å². The fourth-order valence-corrected chi connectivity index (χ4v) is 1.91. The topological polar surface area (TPSA) is 12.0 Å². The van der Waals surface area contributed by atoms with E-state index >= 15 is 0 Å². The van der Waals surface area contributed by atoms with Gasteiger partial charge in [0.2, 0.25) is 0 Å². The second-order valence-corrected chi connectivity index (χ2v) is 4.19. The summed E-state index contributed by atoms with van der Waals surface area (Å²) in [6.45, 7) is 8.32. The minimum absolute atomic E-state index is 0.983. The van der Waals surface area contributed by atoms with Gasteiger partial charge in [0, 0.05) is 11.4 Å². The highest BCUT2D eigenvalue weighted by Gasteiger charge is 2.07. The molecular weight excluding hydrogens is 194 g/mol. The van der Waals surface area contributed by atoms with Crippen LogP contribution in [0, 0.1) is 13.8 Å². The number of hydrogen-bond acceptors (Lipinski definition) is 1. The lowest BCUT2D eigenvalue weighted by atomic mass is 10.1. The maximum Gasteiger partial charge on any atom is 0.0443 e. The highest BCUT2D eigenvalue weighted by Crippen LogP contribution is 2.25. The quantitative estimate of drug-likeness (QED) is 0.793. The van der Waals surface area contributed by atoms with E-state index in [9.17, 15) is 0 Å². The molecule has 0 fully saturated rings. The number of rotatable bonds is 3. The molecule has 1 N–H and O–H groups in total. The first-order chi connectivity index (χ1) is 7.68. The number of hydrogen-bond donors (Lipinski definition) is 1. The molecule has 1 aromatic carbocycles. The van der Waals surface area contributed by atoms with Crippen molar-refractivity contribution in [2.45, 2.75) is 20.3 Å². The number of aryl methyl sites for hydroxylation is 2. The summed E-state index contributed by atoms with van der Waals surface area (Å²) in [4.78, 5) is 0. The van der Waals surface area contributed by atoms with Crippen LogP contribution in [0.15, 0.2) is 54.3 Å². The van der Waals surface area contributed by atoms with E-state index in [2.05, 4.69) is 62.2 Å². The molecule has 1 aliphatic rings. The molecule has 0 radical (unpaired) electrons. The number of anilines is 1. The second kappa shape index (κ2) is 4.40. The summed E-state index contributed by atoms with van der Waals surface area (Å²) in [5, 5.41) is 3.42. The van der Waals surface area contributed by atoms with Crippen molar-refractivity contribution in [2.75, 3.05) is 5.32 Å². The third-order valence-electron chi connectivity index (χ3n) is 2.92. The predicted octanol–water partition coefficient (Wildman–Crippen LogP) is 4.12. The smallest absolute Gasteiger partial charge is 0.0443 e. The monoisotopic (exact) mass is 211 g/mol. The molecule has 0 unspecified atom stereocenters. The van der Waals surface area contributed by atoms with E-state index in [1.54, 1.807) is 0 Å². The standard InChI is InChI=1S/C15H17N/c1-11-7-6-8-12(2)15(11)16-13(3)14-9-4-5-10-14/h4-9,16H,3,10H2,1-2H3. The summed E-state index contributed by atoms with van der Waals surface area (Å²) in [7, 11) is 0. The van der Waals surface area contributed by atoms with E-state index in [-0.39, 0.29) is 0 Å². The van der Waals surface area contributed by atoms with Crippen molar-refractivity contribution in [1.82, 2.24) is 0 Å². The average Bonchev–Trinajstić information content (AvgIpc) is 2.76. The first kappa shape index (κ1) is 10.7. The largest absolute Gasteiger partial charge is 0.355 e. The molecule has 2 rings (SSSR count). The van der Waals surface area contributed by atoms with Crippen molar-refractivity contribution in [3.05, 3.63) is 65.4 Å². The minimum atomic E-state index is 0.983. The van der Waals surface area contributed by atoms with Gasteiger partial charge in [-0.05, 0) is 37.0 Å². The van der Waals surface area contributed by atoms with E-state index in [0.717, 1.165) is 12.1 Å². The fourth-order valence-electron chi connectivity index (χ4n) is 1.91. The predicted molar refractivity (Wildman–Crippen MR) is 70.5 cm³/mol. The summed E-state index contributed by atoms with van der Waals surface area (Å²) in [6, 6.07) is 6.31. The highest BCUT2D eigenvalue weighted by atomic mass is 14.9. The molecule has 0 saturated carbocycles. The Morgan fingerprint density at radius 2 is 1.94 bits per heavy atom. The van der Waals surface area contributed by atoms with E-state index in [0.29, 0.717) is 0 Å². The van der Waals surface area contributed by atoms with Gasteiger partial charge >= 0.3 is 0 Å². The molecule has 0 aliphatic heterocycles. The lowest BCUT2D eigenvalue weighted by Crippen LogP contribution is -2.03. The van der Waals surface area contributed by atoms with Crippen LogP contribution >= 0.6 is 0 Å². The fraction of sp³-hybridized carbons (Fsp3) is 0.200. The number of allylic oxidation sites excluding steroid dienone is 4. The van der Waals surface area contributed by atoms with Crippen LogP contribution in [-0.2, 0) is 0 Å². The molecule has 1 heteroatoms. The van der Waals surface area contributed by atoms with Crippen molar-refractivity contribution in [3.8, 4) is 0 Å². The molecule has 0 heterocycles. The number of para-hydroxylation sites is 1. The van der Waals surface area contributed by atoms with Crippen LogP contribution in [-0.4, -0.2) is 0 Å². The highest BCUT2D eigenvalue weighted by molar-refractivity contribution is 5.62. The van der Waals surface area contributed by atoms with Crippen LogP contribution in [0.25, 0.3) is 0 Å². The first-order valence-corrected chi connectivity index (χ1v) is 5.56. The van der Waals surface area contributed by atoms with Crippen molar-refractivity contribution in [3.63, 3.8) is 0 Å². The maximum atomic E-state index is 4.09. The van der Waals surface area contributed by atoms with Gasteiger partial charge in [-0.2, -0.15) is 0 Å². The number of nitrogens with one attached hydrogen (secondary N) is 1. The molecule has 0 atom stereocenters. The molecule has 0 bridgehead atoms. The maximum absolute atomic E-state index is 4.09. The molecule has 1 aromatic rings. The normalized spacial score (nSPS) is 13.8. The molecular formula is C15H17N. The first-order valence-electron chi connectivity index (χ1n) is 5.56. The summed E-state index contributed by atoms with van der Waals surface area (Å²) in [5.41, 5.74) is 5.96. The van der Waals surface area contributed by atoms with Gasteiger partial charge < -0.3 is 5.32 Å². The lowest BCUT2D eigenvalue weighted by Gasteiger charge is -2.15. The Labute approximate surface area is 97.2 Å². The molecule has 0 spiro atoms. The molecule has 0 saturated heterocycles. The SMILES string of the molecule is C=C(Nc1c(C)cccc1C)C1=CC=CC1. The van der Waals surface area contributed by atoms with Crippen LogP contribution in [0.3, 0.4) is 0 Å². The Bertz CT molecular complexity index is 458. The van der Waals surface area contributed by atoms with Crippen molar-refractivity contribution in [1.29, 1.82) is 0 Å². The van der Waals surface area contributed by atoms with Crippen molar-refractivity contribution >= 4 is 5.69 Å². The Balaban J connectivity index is 2.18. The third-order valence-corrected chi connectivity index (χ3v) is 2.92. The molecule has 1 aliphatic carbocycles. The van der Waals surface area contributed by atoms with Gasteiger partial charge in [0.15, 0.2) is 0 Å². The average molecular weight is 211 g/mol. The second-order valence-electron chi connectivity index (χ2n) is 4.19. The summed E-state index contributed by atoms with van der Waals surface area (Å²) >= 11 is 0. The molecule has 0 amide bonds. The van der Waals surface area contributed by atoms with Gasteiger partial charge in [-0.25, -0.2) is 0 Å². The van der Waals surface area contributed by atoms with Crippen LogP contribution in [0.1, 0.15) is 17.5 Å². The lowest BCUT2D eigenvalue weighted by molar-refractivity contribution is 1.23. The van der Waals surface area contributed by atoms with Gasteiger partial charge in [-0.1, -0.05) is 43.0 Å². The van der Waals surface area contributed by atoms with E-state index in [1.165, 1.54) is 22.4 Å². The Hall–Kier alpha value is -1.76. The van der Waals surface area contributed by atoms with Crippen LogP contribution in [0.2, 0.25) is 0 Å². The van der Waals surface area contributed by atoms with Crippen molar-refractivity contribution < 1.29 is 0 Å². The van der Waals surface area contributed by atoms with Crippen LogP contribution < -0.4 is 5.32 Å². The molecule has 1 nitrogen and oxygen atoms in total. The van der Waals surface area contributed by atoms with E-state index < -0.39 is 0 Å². The van der Waals surface area contributed by atoms with Crippen molar-refractivity contribution in [2.24, 2.45) is 0 Å². The van der Waals surface area contributed by atoms with Crippen LogP contribution in [0.4, 0.5) is 5.69 Å². The molecule has 82 valence electrons. The summed E-state index contributed by atoms with van der Waals surface area (Å²) < 4.78 is 0. The molecule has 0 aromatic heterocycles.